The summed E-state index contributed by atoms with van der Waals surface area (Å²) in [4.78, 5) is 43.4. The molecule has 0 spiro atoms. The number of nitrogens with one attached hydrogen (secondary N) is 2. The van der Waals surface area contributed by atoms with Crippen molar-refractivity contribution in [1.82, 2.24) is 4.98 Å². The number of aryl methyl sites for hydroxylation is 1. The van der Waals surface area contributed by atoms with Gasteiger partial charge in [0.2, 0.25) is 0 Å². The van der Waals surface area contributed by atoms with Gasteiger partial charge in [-0.1, -0.05) is 36.4 Å². The molecule has 190 valence electrons. The summed E-state index contributed by atoms with van der Waals surface area (Å²) >= 11 is 0. The van der Waals surface area contributed by atoms with Crippen molar-refractivity contribution in [1.29, 1.82) is 0 Å². The van der Waals surface area contributed by atoms with Crippen LogP contribution in [0.15, 0.2) is 64.2 Å². The highest BCUT2D eigenvalue weighted by atomic mass is 16.4. The first-order valence-corrected chi connectivity index (χ1v) is 12.6. The number of pyridine rings is 1. The van der Waals surface area contributed by atoms with E-state index in [1.807, 2.05) is 80.3 Å². The largest absolute Gasteiger partial charge is 0.480 e. The summed E-state index contributed by atoms with van der Waals surface area (Å²) in [6, 6.07) is 16.7. The van der Waals surface area contributed by atoms with Crippen LogP contribution in [-0.2, 0) is 11.2 Å². The predicted octanol–water partition coefficient (Wildman–Crippen LogP) is 4.37. The Morgan fingerprint density at radius 2 is 1.73 bits per heavy atom. The van der Waals surface area contributed by atoms with Gasteiger partial charge in [-0.2, -0.15) is 0 Å². The van der Waals surface area contributed by atoms with E-state index in [0.717, 1.165) is 46.4 Å². The molecule has 4 aromatic rings. The topological polar surface area (TPSA) is 112 Å². The summed E-state index contributed by atoms with van der Waals surface area (Å²) in [5.41, 5.74) is 1.78. The minimum absolute atomic E-state index is 0.119. The minimum Gasteiger partial charge on any atom is -0.480 e. The average molecular weight is 499 g/mol. The minimum atomic E-state index is -1.08. The number of carboxylic acids is 1. The van der Waals surface area contributed by atoms with Gasteiger partial charge in [0, 0.05) is 35.3 Å². The van der Waals surface area contributed by atoms with Crippen molar-refractivity contribution in [3.63, 3.8) is 0 Å². The maximum absolute atomic E-state index is 12.4. The molecule has 8 heteroatoms. The summed E-state index contributed by atoms with van der Waals surface area (Å²) in [5, 5.41) is 18.2. The van der Waals surface area contributed by atoms with E-state index in [4.69, 9.17) is 0 Å². The Bertz CT molecular complexity index is 1530. The SMILES string of the molecule is Cc1cc2ccccc2c(Nc2ccc(CC(Nc3c(N4C(C)CCC4C)c(=O)c3=O)C(=O)O)cc2)n1. The second kappa shape index (κ2) is 9.69. The molecule has 1 aliphatic rings. The molecule has 3 unspecified atom stereocenters. The van der Waals surface area contributed by atoms with Gasteiger partial charge in [-0.15, -0.1) is 0 Å². The first-order chi connectivity index (χ1) is 17.7. The van der Waals surface area contributed by atoms with Gasteiger partial charge in [0.15, 0.2) is 0 Å². The monoisotopic (exact) mass is 498 g/mol. The number of rotatable bonds is 8. The van der Waals surface area contributed by atoms with Crippen LogP contribution in [0.25, 0.3) is 10.8 Å². The lowest BCUT2D eigenvalue weighted by molar-refractivity contribution is -0.137. The van der Waals surface area contributed by atoms with Crippen LogP contribution in [0.1, 0.15) is 37.9 Å². The van der Waals surface area contributed by atoms with Gasteiger partial charge in [-0.3, -0.25) is 9.59 Å². The number of hydrogen-bond donors (Lipinski definition) is 3. The van der Waals surface area contributed by atoms with Gasteiger partial charge in [0.25, 0.3) is 10.9 Å². The third kappa shape index (κ3) is 4.67. The van der Waals surface area contributed by atoms with E-state index in [1.54, 1.807) is 0 Å². The molecule has 3 aromatic carbocycles. The molecule has 37 heavy (non-hydrogen) atoms. The zero-order chi connectivity index (χ0) is 26.3. The molecule has 1 fully saturated rings. The molecule has 0 bridgehead atoms. The second-order valence-electron chi connectivity index (χ2n) is 9.96. The Morgan fingerprint density at radius 3 is 2.41 bits per heavy atom. The molecule has 1 saturated heterocycles. The third-order valence-electron chi connectivity index (χ3n) is 7.24. The smallest absolute Gasteiger partial charge is 0.326 e. The fourth-order valence-corrected chi connectivity index (χ4v) is 5.29. The van der Waals surface area contributed by atoms with Gasteiger partial charge in [0.05, 0.1) is 0 Å². The van der Waals surface area contributed by atoms with Gasteiger partial charge in [0.1, 0.15) is 23.2 Å². The number of anilines is 4. The van der Waals surface area contributed by atoms with Crippen LogP contribution in [0.3, 0.4) is 0 Å². The lowest BCUT2D eigenvalue weighted by Crippen LogP contribution is -2.48. The summed E-state index contributed by atoms with van der Waals surface area (Å²) < 4.78 is 0. The highest BCUT2D eigenvalue weighted by Gasteiger charge is 2.36. The Labute approximate surface area is 214 Å². The molecule has 1 aromatic heterocycles. The molecule has 1 aliphatic heterocycles. The van der Waals surface area contributed by atoms with Crippen LogP contribution in [0.2, 0.25) is 0 Å². The molecular formula is C29H30N4O4. The first kappa shape index (κ1) is 24.5. The summed E-state index contributed by atoms with van der Waals surface area (Å²) in [6.07, 6.45) is 2.01. The lowest BCUT2D eigenvalue weighted by atomic mass is 10.0. The Balaban J connectivity index is 1.33. The maximum Gasteiger partial charge on any atom is 0.326 e. The standard InChI is InChI=1S/C29H30N4O4/c1-16-14-20-6-4-5-7-22(20)28(30-16)31-21-12-10-19(11-13-21)15-23(29(36)37)32-24-25(27(35)26(24)34)33-17(2)8-9-18(33)3/h4-7,10-14,17-18,23,32H,8-9,15H2,1-3H3,(H,30,31)(H,36,37). The number of nitrogens with zero attached hydrogens (tertiary/aromatic N) is 2. The number of aliphatic carboxylic acids is 1. The van der Waals surface area contributed by atoms with Crippen molar-refractivity contribution >= 4 is 39.6 Å². The number of carbonyl (C=O) groups is 1. The summed E-state index contributed by atoms with van der Waals surface area (Å²) in [7, 11) is 0. The Hall–Kier alpha value is -4.20. The molecule has 3 N–H and O–H groups in total. The van der Waals surface area contributed by atoms with Crippen molar-refractivity contribution in [3.05, 3.63) is 86.3 Å². The average Bonchev–Trinajstić information content (AvgIpc) is 3.20. The highest BCUT2D eigenvalue weighted by molar-refractivity contribution is 5.93. The lowest BCUT2D eigenvalue weighted by Gasteiger charge is -2.32. The van der Waals surface area contributed by atoms with E-state index in [2.05, 4.69) is 15.6 Å². The van der Waals surface area contributed by atoms with E-state index < -0.39 is 22.9 Å². The second-order valence-corrected chi connectivity index (χ2v) is 9.96. The molecule has 5 rings (SSSR count). The van der Waals surface area contributed by atoms with E-state index in [9.17, 15) is 19.5 Å². The van der Waals surface area contributed by atoms with Crippen LogP contribution in [0, 0.1) is 6.92 Å². The van der Waals surface area contributed by atoms with Crippen LogP contribution >= 0.6 is 0 Å². The predicted molar refractivity (Wildman–Crippen MR) is 147 cm³/mol. The van der Waals surface area contributed by atoms with Gasteiger partial charge in [-0.05, 0) is 62.8 Å². The molecule has 3 atom stereocenters. The van der Waals surface area contributed by atoms with Crippen LogP contribution in [0.4, 0.5) is 22.9 Å². The van der Waals surface area contributed by atoms with Crippen LogP contribution in [-0.4, -0.2) is 34.2 Å². The normalized spacial score (nSPS) is 18.3. The summed E-state index contributed by atoms with van der Waals surface area (Å²) in [5.74, 6) is -0.328. The van der Waals surface area contributed by atoms with Gasteiger partial charge < -0.3 is 20.6 Å². The Morgan fingerprint density at radius 1 is 1.05 bits per heavy atom. The molecule has 2 heterocycles. The van der Waals surface area contributed by atoms with E-state index >= 15 is 0 Å². The van der Waals surface area contributed by atoms with Crippen LogP contribution < -0.4 is 26.4 Å². The third-order valence-corrected chi connectivity index (χ3v) is 7.24. The molecule has 0 aliphatic carbocycles. The quantitative estimate of drug-likeness (QED) is 0.307. The molecule has 0 amide bonds. The zero-order valence-electron chi connectivity index (χ0n) is 21.1. The van der Waals surface area contributed by atoms with Gasteiger partial charge in [-0.25, -0.2) is 9.78 Å². The van der Waals surface area contributed by atoms with Gasteiger partial charge >= 0.3 is 5.97 Å². The van der Waals surface area contributed by atoms with E-state index in [1.165, 1.54) is 0 Å². The number of aromatic nitrogens is 1. The maximum atomic E-state index is 12.4. The fraction of sp³-hybridized carbons (Fsp3) is 0.310. The number of fused-ring (bicyclic) bond motifs is 1. The van der Waals surface area contributed by atoms with Crippen molar-refractivity contribution in [2.45, 2.75) is 58.2 Å². The molecular weight excluding hydrogens is 468 g/mol. The highest BCUT2D eigenvalue weighted by Crippen LogP contribution is 2.33. The summed E-state index contributed by atoms with van der Waals surface area (Å²) in [6.45, 7) is 5.99. The zero-order valence-corrected chi connectivity index (χ0v) is 21.1. The molecule has 0 radical (unpaired) electrons. The first-order valence-electron chi connectivity index (χ1n) is 12.6. The van der Waals surface area contributed by atoms with Crippen molar-refractivity contribution in [2.75, 3.05) is 15.5 Å². The Kier molecular flexibility index (Phi) is 6.41. The molecule has 8 nitrogen and oxygen atoms in total. The van der Waals surface area contributed by atoms with Crippen molar-refractivity contribution in [3.8, 4) is 0 Å². The van der Waals surface area contributed by atoms with E-state index in [-0.39, 0.29) is 24.2 Å². The van der Waals surface area contributed by atoms with Crippen molar-refractivity contribution in [2.24, 2.45) is 0 Å². The number of carboxylic acid groups (broad SMARTS) is 1. The molecule has 0 saturated carbocycles. The van der Waals surface area contributed by atoms with E-state index in [0.29, 0.717) is 5.69 Å². The van der Waals surface area contributed by atoms with Crippen molar-refractivity contribution < 1.29 is 9.90 Å². The number of benzene rings is 2. The fourth-order valence-electron chi connectivity index (χ4n) is 5.29. The van der Waals surface area contributed by atoms with Crippen LogP contribution in [0.5, 0.6) is 0 Å². The number of hydrogen-bond acceptors (Lipinski definition) is 7.